The summed E-state index contributed by atoms with van der Waals surface area (Å²) in [6, 6.07) is 6.11. The maximum absolute atomic E-state index is 13.0. The molecule has 2 aromatic heterocycles. The summed E-state index contributed by atoms with van der Waals surface area (Å²) in [5.41, 5.74) is 3.09. The van der Waals surface area contributed by atoms with Gasteiger partial charge in [-0.05, 0) is 62.0 Å². The van der Waals surface area contributed by atoms with E-state index in [1.807, 2.05) is 35.6 Å². The molecule has 6 heteroatoms. The lowest BCUT2D eigenvalue weighted by Crippen LogP contribution is -2.48. The molecule has 2 saturated heterocycles. The van der Waals surface area contributed by atoms with Crippen LogP contribution in [0.1, 0.15) is 35.7 Å². The SMILES string of the molecule is CCCN1CCC(Cc2cncc(C(=O)N3CCN(c4ccncc4)CC3)c2)C1. The minimum Gasteiger partial charge on any atom is -0.368 e. The summed E-state index contributed by atoms with van der Waals surface area (Å²) >= 11 is 0. The van der Waals surface area contributed by atoms with Crippen molar-refractivity contribution in [1.29, 1.82) is 0 Å². The monoisotopic (exact) mass is 393 g/mol. The molecule has 6 nitrogen and oxygen atoms in total. The number of aromatic nitrogens is 2. The summed E-state index contributed by atoms with van der Waals surface area (Å²) < 4.78 is 0. The minimum absolute atomic E-state index is 0.104. The maximum atomic E-state index is 13.0. The second-order valence-corrected chi connectivity index (χ2v) is 8.23. The first kappa shape index (κ1) is 19.8. The zero-order chi connectivity index (χ0) is 20.1. The van der Waals surface area contributed by atoms with Crippen molar-refractivity contribution in [1.82, 2.24) is 19.8 Å². The minimum atomic E-state index is 0.104. The van der Waals surface area contributed by atoms with Gasteiger partial charge < -0.3 is 14.7 Å². The van der Waals surface area contributed by atoms with Crippen molar-refractivity contribution >= 4 is 11.6 Å². The fourth-order valence-electron chi connectivity index (χ4n) is 4.55. The number of carbonyl (C=O) groups is 1. The normalized spacial score (nSPS) is 20.2. The lowest BCUT2D eigenvalue weighted by atomic mass is 9.99. The molecule has 0 N–H and O–H groups in total. The Hall–Kier alpha value is -2.47. The zero-order valence-electron chi connectivity index (χ0n) is 17.3. The second kappa shape index (κ2) is 9.35. The molecule has 0 bridgehead atoms. The van der Waals surface area contributed by atoms with E-state index in [9.17, 15) is 4.79 Å². The van der Waals surface area contributed by atoms with Gasteiger partial charge in [0.25, 0.3) is 5.91 Å². The Morgan fingerprint density at radius 1 is 1.07 bits per heavy atom. The van der Waals surface area contributed by atoms with Gasteiger partial charge in [0, 0.05) is 63.2 Å². The van der Waals surface area contributed by atoms with Crippen LogP contribution in [0.2, 0.25) is 0 Å². The van der Waals surface area contributed by atoms with Gasteiger partial charge in [0.15, 0.2) is 0 Å². The molecule has 2 aliphatic heterocycles. The van der Waals surface area contributed by atoms with E-state index in [-0.39, 0.29) is 5.91 Å². The molecule has 2 aliphatic rings. The number of amides is 1. The number of nitrogens with zero attached hydrogens (tertiary/aromatic N) is 5. The Balaban J connectivity index is 1.33. The third kappa shape index (κ3) is 4.93. The van der Waals surface area contributed by atoms with Crippen LogP contribution < -0.4 is 4.90 Å². The van der Waals surface area contributed by atoms with Crippen molar-refractivity contribution in [3.05, 3.63) is 54.1 Å². The largest absolute Gasteiger partial charge is 0.368 e. The predicted molar refractivity (Wildman–Crippen MR) is 115 cm³/mol. The van der Waals surface area contributed by atoms with E-state index in [2.05, 4.69) is 32.8 Å². The van der Waals surface area contributed by atoms with Crippen molar-refractivity contribution in [3.8, 4) is 0 Å². The molecule has 0 aliphatic carbocycles. The van der Waals surface area contributed by atoms with Crippen LogP contribution in [0.3, 0.4) is 0 Å². The van der Waals surface area contributed by atoms with E-state index >= 15 is 0 Å². The molecule has 1 atom stereocenters. The number of likely N-dealkylation sites (tertiary alicyclic amines) is 1. The molecule has 4 heterocycles. The van der Waals surface area contributed by atoms with Crippen molar-refractivity contribution in [3.63, 3.8) is 0 Å². The van der Waals surface area contributed by atoms with Crippen LogP contribution >= 0.6 is 0 Å². The van der Waals surface area contributed by atoms with Gasteiger partial charge in [-0.25, -0.2) is 0 Å². The van der Waals surface area contributed by atoms with Gasteiger partial charge >= 0.3 is 0 Å². The highest BCUT2D eigenvalue weighted by Crippen LogP contribution is 2.22. The van der Waals surface area contributed by atoms with Crippen LogP contribution in [0, 0.1) is 5.92 Å². The highest BCUT2D eigenvalue weighted by molar-refractivity contribution is 5.94. The van der Waals surface area contributed by atoms with Gasteiger partial charge in [-0.1, -0.05) is 6.92 Å². The third-order valence-electron chi connectivity index (χ3n) is 6.07. The molecule has 29 heavy (non-hydrogen) atoms. The first-order chi connectivity index (χ1) is 14.2. The molecule has 0 saturated carbocycles. The first-order valence-electron chi connectivity index (χ1n) is 10.8. The summed E-state index contributed by atoms with van der Waals surface area (Å²) in [6.07, 6.45) is 10.8. The van der Waals surface area contributed by atoms with E-state index in [0.29, 0.717) is 5.92 Å². The standard InChI is InChI=1S/C23H31N5O/c1-2-8-26-9-5-19(18-26)14-20-15-21(17-25-16-20)23(29)28-12-10-27(11-13-28)22-3-6-24-7-4-22/h3-4,6-7,15-17,19H,2,5,8-14,18H2,1H3. The van der Waals surface area contributed by atoms with Crippen LogP contribution in [0.5, 0.6) is 0 Å². The molecule has 0 radical (unpaired) electrons. The number of hydrogen-bond acceptors (Lipinski definition) is 5. The number of carbonyl (C=O) groups excluding carboxylic acids is 1. The average molecular weight is 394 g/mol. The van der Waals surface area contributed by atoms with Crippen LogP contribution in [0.4, 0.5) is 5.69 Å². The fourth-order valence-corrected chi connectivity index (χ4v) is 4.55. The number of anilines is 1. The van der Waals surface area contributed by atoms with Crippen LogP contribution in [0.15, 0.2) is 43.0 Å². The number of rotatable bonds is 6. The summed E-state index contributed by atoms with van der Waals surface area (Å²) in [5.74, 6) is 0.783. The predicted octanol–water partition coefficient (Wildman–Crippen LogP) is 2.71. The van der Waals surface area contributed by atoms with E-state index in [1.54, 1.807) is 6.20 Å². The Morgan fingerprint density at radius 3 is 2.62 bits per heavy atom. The first-order valence-corrected chi connectivity index (χ1v) is 10.8. The fraction of sp³-hybridized carbons (Fsp3) is 0.522. The molecule has 1 unspecified atom stereocenters. The van der Waals surface area contributed by atoms with Crippen molar-refractivity contribution in [2.75, 3.05) is 50.7 Å². The molecule has 2 aromatic rings. The molecule has 1 amide bonds. The molecular formula is C23H31N5O. The van der Waals surface area contributed by atoms with Crippen LogP contribution in [0.25, 0.3) is 0 Å². The summed E-state index contributed by atoms with van der Waals surface area (Å²) in [5, 5.41) is 0. The van der Waals surface area contributed by atoms with Crippen LogP contribution in [-0.2, 0) is 6.42 Å². The van der Waals surface area contributed by atoms with Crippen molar-refractivity contribution in [2.45, 2.75) is 26.2 Å². The highest BCUT2D eigenvalue weighted by Gasteiger charge is 2.24. The van der Waals surface area contributed by atoms with Gasteiger partial charge in [0.05, 0.1) is 5.56 Å². The van der Waals surface area contributed by atoms with E-state index in [4.69, 9.17) is 0 Å². The Labute approximate surface area is 173 Å². The molecule has 154 valence electrons. The van der Waals surface area contributed by atoms with Crippen LogP contribution in [-0.4, -0.2) is 71.5 Å². The maximum Gasteiger partial charge on any atom is 0.255 e. The Bertz CT molecular complexity index is 804. The Kier molecular flexibility index (Phi) is 6.39. The summed E-state index contributed by atoms with van der Waals surface area (Å²) in [4.78, 5) is 28.3. The smallest absolute Gasteiger partial charge is 0.255 e. The van der Waals surface area contributed by atoms with E-state index in [1.165, 1.54) is 43.7 Å². The quantitative estimate of drug-likeness (QED) is 0.755. The highest BCUT2D eigenvalue weighted by atomic mass is 16.2. The molecule has 2 fully saturated rings. The Morgan fingerprint density at radius 2 is 1.86 bits per heavy atom. The second-order valence-electron chi connectivity index (χ2n) is 8.23. The zero-order valence-corrected chi connectivity index (χ0v) is 17.3. The van der Waals surface area contributed by atoms with Crippen molar-refractivity contribution < 1.29 is 4.79 Å². The lowest BCUT2D eigenvalue weighted by molar-refractivity contribution is 0.0746. The summed E-state index contributed by atoms with van der Waals surface area (Å²) in [6.45, 7) is 8.97. The average Bonchev–Trinajstić information content (AvgIpc) is 3.21. The molecule has 4 rings (SSSR count). The third-order valence-corrected chi connectivity index (χ3v) is 6.07. The van der Waals surface area contributed by atoms with Gasteiger partial charge in [-0.2, -0.15) is 0 Å². The van der Waals surface area contributed by atoms with Gasteiger partial charge in [-0.15, -0.1) is 0 Å². The number of pyridine rings is 2. The van der Waals surface area contributed by atoms with E-state index in [0.717, 1.165) is 38.2 Å². The lowest BCUT2D eigenvalue weighted by Gasteiger charge is -2.36. The van der Waals surface area contributed by atoms with Gasteiger partial charge in [0.2, 0.25) is 0 Å². The molecule has 0 spiro atoms. The number of piperazine rings is 1. The topological polar surface area (TPSA) is 52.6 Å². The molecule has 0 aromatic carbocycles. The van der Waals surface area contributed by atoms with Gasteiger partial charge in [0.1, 0.15) is 0 Å². The summed E-state index contributed by atoms with van der Waals surface area (Å²) in [7, 11) is 0. The van der Waals surface area contributed by atoms with Gasteiger partial charge in [-0.3, -0.25) is 14.8 Å². The molecular weight excluding hydrogens is 362 g/mol. The number of hydrogen-bond donors (Lipinski definition) is 0. The van der Waals surface area contributed by atoms with Crippen molar-refractivity contribution in [2.24, 2.45) is 5.92 Å². The van der Waals surface area contributed by atoms with E-state index < -0.39 is 0 Å².